The molecule has 1 unspecified atom stereocenters. The van der Waals surface area contributed by atoms with Crippen molar-refractivity contribution in [1.29, 1.82) is 0 Å². The SMILES string of the molecule is Cc1c(Br)c(C(F)(F)F)nn1CC(=O)NC(C)c1ccc(-n2cccc2)cc1. The van der Waals surface area contributed by atoms with Crippen LogP contribution in [0.3, 0.4) is 0 Å². The lowest BCUT2D eigenvalue weighted by Crippen LogP contribution is -2.30. The van der Waals surface area contributed by atoms with Gasteiger partial charge in [0.2, 0.25) is 5.91 Å². The maximum atomic E-state index is 12.9. The molecule has 0 aliphatic rings. The molecule has 0 bridgehead atoms. The predicted molar refractivity (Wildman–Crippen MR) is 102 cm³/mol. The number of nitrogens with zero attached hydrogens (tertiary/aromatic N) is 3. The van der Waals surface area contributed by atoms with E-state index >= 15 is 0 Å². The number of halogens is 4. The summed E-state index contributed by atoms with van der Waals surface area (Å²) in [5, 5.41) is 6.31. The molecule has 1 amide bonds. The van der Waals surface area contributed by atoms with E-state index < -0.39 is 17.8 Å². The Morgan fingerprint density at radius 3 is 2.36 bits per heavy atom. The van der Waals surface area contributed by atoms with Crippen molar-refractivity contribution in [2.75, 3.05) is 0 Å². The number of hydrogen-bond donors (Lipinski definition) is 1. The van der Waals surface area contributed by atoms with E-state index in [1.54, 1.807) is 0 Å². The highest BCUT2D eigenvalue weighted by Crippen LogP contribution is 2.35. The molecule has 28 heavy (non-hydrogen) atoms. The van der Waals surface area contributed by atoms with Crippen LogP contribution in [-0.2, 0) is 17.5 Å². The number of aromatic nitrogens is 3. The topological polar surface area (TPSA) is 51.9 Å². The number of hydrogen-bond acceptors (Lipinski definition) is 2. The van der Waals surface area contributed by atoms with Crippen molar-refractivity contribution in [2.45, 2.75) is 32.6 Å². The first-order chi connectivity index (χ1) is 13.2. The second kappa shape index (κ2) is 7.83. The third-order valence-corrected chi connectivity index (χ3v) is 5.32. The molecule has 0 saturated carbocycles. The van der Waals surface area contributed by atoms with Gasteiger partial charge in [0.05, 0.1) is 16.2 Å². The van der Waals surface area contributed by atoms with Crippen LogP contribution >= 0.6 is 15.9 Å². The lowest BCUT2D eigenvalue weighted by atomic mass is 10.1. The smallest absolute Gasteiger partial charge is 0.348 e. The Morgan fingerprint density at radius 2 is 1.82 bits per heavy atom. The molecular weight excluding hydrogens is 437 g/mol. The van der Waals surface area contributed by atoms with Crippen molar-refractivity contribution in [2.24, 2.45) is 0 Å². The Labute approximate surface area is 168 Å². The molecule has 1 atom stereocenters. The quantitative estimate of drug-likeness (QED) is 0.610. The molecule has 0 saturated heterocycles. The zero-order chi connectivity index (χ0) is 20.5. The maximum absolute atomic E-state index is 12.9. The molecule has 2 aromatic heterocycles. The minimum absolute atomic E-state index is 0.151. The Bertz CT molecular complexity index is 962. The van der Waals surface area contributed by atoms with Gasteiger partial charge in [0.1, 0.15) is 6.54 Å². The normalized spacial score (nSPS) is 12.8. The van der Waals surface area contributed by atoms with E-state index in [9.17, 15) is 18.0 Å². The third kappa shape index (κ3) is 4.30. The average Bonchev–Trinajstić information content (AvgIpc) is 3.26. The first-order valence-corrected chi connectivity index (χ1v) is 9.29. The van der Waals surface area contributed by atoms with Gasteiger partial charge in [0, 0.05) is 18.1 Å². The molecule has 1 aromatic carbocycles. The Kier molecular flexibility index (Phi) is 5.64. The van der Waals surface area contributed by atoms with Gasteiger partial charge in [-0.2, -0.15) is 18.3 Å². The fraction of sp³-hybridized carbons (Fsp3) is 0.263. The molecule has 5 nitrogen and oxygen atoms in total. The molecule has 0 aliphatic carbocycles. The second-order valence-corrected chi connectivity index (χ2v) is 7.17. The number of benzene rings is 1. The predicted octanol–water partition coefficient (Wildman–Crippen LogP) is 4.64. The molecular formula is C19H18BrF3N4O. The highest BCUT2D eigenvalue weighted by Gasteiger charge is 2.38. The van der Waals surface area contributed by atoms with Gasteiger partial charge in [-0.1, -0.05) is 12.1 Å². The summed E-state index contributed by atoms with van der Waals surface area (Å²) in [7, 11) is 0. The lowest BCUT2D eigenvalue weighted by Gasteiger charge is -2.15. The summed E-state index contributed by atoms with van der Waals surface area (Å²) < 4.78 is 41.7. The van der Waals surface area contributed by atoms with Crippen molar-refractivity contribution in [1.82, 2.24) is 19.7 Å². The van der Waals surface area contributed by atoms with E-state index in [2.05, 4.69) is 26.3 Å². The highest BCUT2D eigenvalue weighted by atomic mass is 79.9. The molecule has 0 fully saturated rings. The Morgan fingerprint density at radius 1 is 1.21 bits per heavy atom. The summed E-state index contributed by atoms with van der Waals surface area (Å²) in [6.45, 7) is 2.99. The van der Waals surface area contributed by atoms with Crippen LogP contribution in [-0.4, -0.2) is 20.3 Å². The molecule has 9 heteroatoms. The van der Waals surface area contributed by atoms with Crippen molar-refractivity contribution in [3.63, 3.8) is 0 Å². The number of carbonyl (C=O) groups excluding carboxylic acids is 1. The third-order valence-electron chi connectivity index (χ3n) is 4.37. The van der Waals surface area contributed by atoms with Crippen molar-refractivity contribution in [3.8, 4) is 5.69 Å². The summed E-state index contributed by atoms with van der Waals surface area (Å²) in [4.78, 5) is 12.3. The van der Waals surface area contributed by atoms with Gasteiger partial charge < -0.3 is 9.88 Å². The van der Waals surface area contributed by atoms with E-state index in [-0.39, 0.29) is 22.8 Å². The van der Waals surface area contributed by atoms with E-state index in [1.165, 1.54) is 6.92 Å². The highest BCUT2D eigenvalue weighted by molar-refractivity contribution is 9.10. The van der Waals surface area contributed by atoms with E-state index in [4.69, 9.17) is 0 Å². The van der Waals surface area contributed by atoms with Gasteiger partial charge >= 0.3 is 6.18 Å². The second-order valence-electron chi connectivity index (χ2n) is 6.37. The minimum Gasteiger partial charge on any atom is -0.348 e. The number of nitrogens with one attached hydrogen (secondary N) is 1. The molecule has 3 rings (SSSR count). The van der Waals surface area contributed by atoms with Crippen LogP contribution in [0.1, 0.15) is 29.9 Å². The molecule has 3 aromatic rings. The standard InChI is InChI=1S/C19H18BrF3N4O/c1-12(14-5-7-15(8-6-14)26-9-3-4-10-26)24-16(28)11-27-13(2)17(20)18(25-27)19(21,22)23/h3-10,12H,11H2,1-2H3,(H,24,28). The maximum Gasteiger partial charge on any atom is 0.436 e. The zero-order valence-corrected chi connectivity index (χ0v) is 16.8. The largest absolute Gasteiger partial charge is 0.436 e. The van der Waals surface area contributed by atoms with Crippen LogP contribution in [0.25, 0.3) is 5.69 Å². The van der Waals surface area contributed by atoms with Crippen LogP contribution in [0.2, 0.25) is 0 Å². The summed E-state index contributed by atoms with van der Waals surface area (Å²) in [6, 6.07) is 11.2. The zero-order valence-electron chi connectivity index (χ0n) is 15.2. The summed E-state index contributed by atoms with van der Waals surface area (Å²) >= 11 is 2.90. The summed E-state index contributed by atoms with van der Waals surface area (Å²) in [5.41, 5.74) is 1.08. The van der Waals surface area contributed by atoms with E-state index in [0.717, 1.165) is 15.9 Å². The minimum atomic E-state index is -4.58. The summed E-state index contributed by atoms with van der Waals surface area (Å²) in [6.07, 6.45) is -0.722. The first kappa shape index (κ1) is 20.2. The number of alkyl halides is 3. The average molecular weight is 455 g/mol. The van der Waals surface area contributed by atoms with Gasteiger partial charge in [0.25, 0.3) is 0 Å². The van der Waals surface area contributed by atoms with Crippen LogP contribution < -0.4 is 5.32 Å². The van der Waals surface area contributed by atoms with Crippen LogP contribution in [0.5, 0.6) is 0 Å². The molecule has 2 heterocycles. The number of carbonyl (C=O) groups is 1. The first-order valence-electron chi connectivity index (χ1n) is 8.49. The molecule has 1 N–H and O–H groups in total. The van der Waals surface area contributed by atoms with Gasteiger partial charge in [0.15, 0.2) is 5.69 Å². The number of amides is 1. The van der Waals surface area contributed by atoms with Crippen molar-refractivity contribution in [3.05, 3.63) is 70.2 Å². The summed E-state index contributed by atoms with van der Waals surface area (Å²) in [5.74, 6) is -0.422. The fourth-order valence-corrected chi connectivity index (χ4v) is 3.32. The molecule has 0 aliphatic heterocycles. The van der Waals surface area contributed by atoms with E-state index in [0.29, 0.717) is 0 Å². The molecule has 0 spiro atoms. The van der Waals surface area contributed by atoms with Crippen LogP contribution in [0.4, 0.5) is 13.2 Å². The Hall–Kier alpha value is -2.55. The van der Waals surface area contributed by atoms with Crippen LogP contribution in [0, 0.1) is 6.92 Å². The molecule has 0 radical (unpaired) electrons. The van der Waals surface area contributed by atoms with Crippen molar-refractivity contribution < 1.29 is 18.0 Å². The van der Waals surface area contributed by atoms with Gasteiger partial charge in [-0.15, -0.1) is 0 Å². The van der Waals surface area contributed by atoms with Gasteiger partial charge in [-0.25, -0.2) is 0 Å². The fourth-order valence-electron chi connectivity index (χ4n) is 2.81. The monoisotopic (exact) mass is 454 g/mol. The van der Waals surface area contributed by atoms with Gasteiger partial charge in [-0.3, -0.25) is 9.48 Å². The lowest BCUT2D eigenvalue weighted by molar-refractivity contribution is -0.142. The molecule has 148 valence electrons. The van der Waals surface area contributed by atoms with Gasteiger partial charge in [-0.05, 0) is 59.6 Å². The Balaban J connectivity index is 1.66. The number of rotatable bonds is 5. The van der Waals surface area contributed by atoms with E-state index in [1.807, 2.05) is 60.3 Å². The van der Waals surface area contributed by atoms with Crippen molar-refractivity contribution >= 4 is 21.8 Å². The van der Waals surface area contributed by atoms with Crippen LogP contribution in [0.15, 0.2) is 53.3 Å².